The first kappa shape index (κ1) is 17.2. The average Bonchev–Trinajstić information content (AvgIpc) is 3.32. The fourth-order valence-corrected chi connectivity index (χ4v) is 4.14. The van der Waals surface area contributed by atoms with Gasteiger partial charge in [-0.25, -0.2) is 0 Å². The lowest BCUT2D eigenvalue weighted by atomic mass is 10.2. The number of carbonyl (C=O) groups excluding carboxylic acids is 1. The van der Waals surface area contributed by atoms with Crippen LogP contribution in [0.2, 0.25) is 0 Å². The molecule has 0 unspecified atom stereocenters. The topological polar surface area (TPSA) is 54.3 Å². The van der Waals surface area contributed by atoms with Gasteiger partial charge in [0.05, 0.1) is 17.8 Å². The Morgan fingerprint density at radius 3 is 2.77 bits per heavy atom. The third-order valence-corrected chi connectivity index (χ3v) is 5.67. The van der Waals surface area contributed by atoms with Gasteiger partial charge < -0.3 is 4.90 Å². The molecule has 2 atom stereocenters. The van der Waals surface area contributed by atoms with Crippen LogP contribution in [0.5, 0.6) is 0 Å². The molecule has 2 saturated heterocycles. The molecule has 2 aromatic heterocycles. The fourth-order valence-electron chi connectivity index (χ4n) is 4.14. The molecule has 0 saturated carbocycles. The molecule has 4 heterocycles. The van der Waals surface area contributed by atoms with Crippen molar-refractivity contribution in [3.05, 3.63) is 47.5 Å². The lowest BCUT2D eigenvalue weighted by Gasteiger charge is -2.34. The number of rotatable bonds is 5. The summed E-state index contributed by atoms with van der Waals surface area (Å²) in [5, 5.41) is 4.51. The van der Waals surface area contributed by atoms with Crippen molar-refractivity contribution in [1.29, 1.82) is 0 Å². The van der Waals surface area contributed by atoms with E-state index in [2.05, 4.69) is 46.7 Å². The zero-order valence-electron chi connectivity index (χ0n) is 15.8. The second kappa shape index (κ2) is 6.83. The van der Waals surface area contributed by atoms with E-state index in [0.29, 0.717) is 24.5 Å². The Morgan fingerprint density at radius 1 is 1.27 bits per heavy atom. The van der Waals surface area contributed by atoms with Crippen LogP contribution in [0.1, 0.15) is 43.3 Å². The number of nitrogens with zero attached hydrogens (tertiary/aromatic N) is 5. The summed E-state index contributed by atoms with van der Waals surface area (Å²) in [6.07, 6.45) is 5.31. The van der Waals surface area contributed by atoms with Crippen LogP contribution in [0.4, 0.5) is 0 Å². The Balaban J connectivity index is 1.35. The second-order valence-corrected chi connectivity index (χ2v) is 7.84. The van der Waals surface area contributed by atoms with E-state index in [1.807, 2.05) is 29.2 Å². The van der Waals surface area contributed by atoms with Crippen molar-refractivity contribution in [2.24, 2.45) is 0 Å². The summed E-state index contributed by atoms with van der Waals surface area (Å²) in [5.41, 5.74) is 3.26. The smallest absolute Gasteiger partial charge is 0.229 e. The lowest BCUT2D eigenvalue weighted by molar-refractivity contribution is -0.132. The van der Waals surface area contributed by atoms with E-state index in [9.17, 15) is 4.79 Å². The molecule has 2 bridgehead atoms. The highest BCUT2D eigenvalue weighted by Crippen LogP contribution is 2.32. The highest BCUT2D eigenvalue weighted by Gasteiger charge is 2.45. The van der Waals surface area contributed by atoms with Gasteiger partial charge in [0, 0.05) is 50.2 Å². The van der Waals surface area contributed by atoms with Crippen molar-refractivity contribution in [3.63, 3.8) is 0 Å². The van der Waals surface area contributed by atoms with Gasteiger partial charge in [-0.05, 0) is 44.9 Å². The lowest BCUT2D eigenvalue weighted by Crippen LogP contribution is -2.48. The summed E-state index contributed by atoms with van der Waals surface area (Å²) in [7, 11) is 0. The van der Waals surface area contributed by atoms with Crippen molar-refractivity contribution < 1.29 is 4.79 Å². The number of hydrogen-bond donors (Lipinski definition) is 0. The molecule has 2 aromatic rings. The SMILES string of the molecule is Cc1cccnc1CN1C[C@@H]2C[C@H]1CN2C(=O)Cc1ccn(C(C)C)n1. The fraction of sp³-hybridized carbons (Fsp3) is 0.550. The minimum Gasteiger partial charge on any atom is -0.336 e. The van der Waals surface area contributed by atoms with Gasteiger partial charge >= 0.3 is 0 Å². The molecular weight excluding hydrogens is 326 g/mol. The zero-order valence-corrected chi connectivity index (χ0v) is 15.8. The maximum atomic E-state index is 12.7. The van der Waals surface area contributed by atoms with Gasteiger partial charge in [0.15, 0.2) is 0 Å². The van der Waals surface area contributed by atoms with Crippen molar-refractivity contribution in [2.45, 2.75) is 58.3 Å². The van der Waals surface area contributed by atoms with Crippen LogP contribution in [0.15, 0.2) is 30.6 Å². The molecule has 2 fully saturated rings. The second-order valence-electron chi connectivity index (χ2n) is 7.84. The predicted molar refractivity (Wildman–Crippen MR) is 99.6 cm³/mol. The van der Waals surface area contributed by atoms with Crippen molar-refractivity contribution in [1.82, 2.24) is 24.6 Å². The summed E-state index contributed by atoms with van der Waals surface area (Å²) < 4.78 is 1.91. The predicted octanol–water partition coefficient (Wildman–Crippen LogP) is 2.20. The molecule has 2 aliphatic rings. The summed E-state index contributed by atoms with van der Waals surface area (Å²) in [4.78, 5) is 21.8. The van der Waals surface area contributed by atoms with Gasteiger partial charge in [-0.2, -0.15) is 5.10 Å². The third-order valence-electron chi connectivity index (χ3n) is 5.67. The number of fused-ring (bicyclic) bond motifs is 2. The molecule has 26 heavy (non-hydrogen) atoms. The van der Waals surface area contributed by atoms with Gasteiger partial charge in [-0.1, -0.05) is 6.07 Å². The van der Waals surface area contributed by atoms with E-state index in [1.165, 1.54) is 5.56 Å². The molecule has 138 valence electrons. The highest BCUT2D eigenvalue weighted by molar-refractivity contribution is 5.79. The molecule has 0 radical (unpaired) electrons. The number of carbonyl (C=O) groups is 1. The molecule has 6 nitrogen and oxygen atoms in total. The number of likely N-dealkylation sites (tertiary alicyclic amines) is 2. The first-order valence-electron chi connectivity index (χ1n) is 9.49. The van der Waals surface area contributed by atoms with Gasteiger partial charge in [-0.3, -0.25) is 19.4 Å². The molecule has 2 aliphatic heterocycles. The van der Waals surface area contributed by atoms with Crippen LogP contribution in [0, 0.1) is 6.92 Å². The number of hydrogen-bond acceptors (Lipinski definition) is 4. The molecule has 0 spiro atoms. The maximum Gasteiger partial charge on any atom is 0.229 e. The third kappa shape index (κ3) is 3.26. The van der Waals surface area contributed by atoms with E-state index in [1.54, 1.807) is 0 Å². The van der Waals surface area contributed by atoms with E-state index < -0.39 is 0 Å². The summed E-state index contributed by atoms with van der Waals surface area (Å²) in [6, 6.07) is 7.17. The van der Waals surface area contributed by atoms with Crippen LogP contribution in [0.25, 0.3) is 0 Å². The summed E-state index contributed by atoms with van der Waals surface area (Å²) >= 11 is 0. The average molecular weight is 353 g/mol. The Bertz CT molecular complexity index is 799. The highest BCUT2D eigenvalue weighted by atomic mass is 16.2. The van der Waals surface area contributed by atoms with Gasteiger partial charge in [0.25, 0.3) is 0 Å². The van der Waals surface area contributed by atoms with Gasteiger partial charge in [0.2, 0.25) is 5.91 Å². The number of amides is 1. The Morgan fingerprint density at radius 2 is 2.12 bits per heavy atom. The van der Waals surface area contributed by atoms with Crippen LogP contribution in [-0.2, 0) is 17.8 Å². The van der Waals surface area contributed by atoms with Crippen LogP contribution >= 0.6 is 0 Å². The minimum absolute atomic E-state index is 0.208. The maximum absolute atomic E-state index is 12.7. The Labute approximate surface area is 154 Å². The minimum atomic E-state index is 0.208. The summed E-state index contributed by atoms with van der Waals surface area (Å²) in [5.74, 6) is 0.208. The number of piperazine rings is 1. The molecular formula is C20H27N5O. The monoisotopic (exact) mass is 353 g/mol. The van der Waals surface area contributed by atoms with Crippen molar-refractivity contribution in [2.75, 3.05) is 13.1 Å². The Hall–Kier alpha value is -2.21. The van der Waals surface area contributed by atoms with Crippen LogP contribution in [-0.4, -0.2) is 55.6 Å². The number of pyridine rings is 1. The molecule has 0 aromatic carbocycles. The number of aromatic nitrogens is 3. The van der Waals surface area contributed by atoms with E-state index in [0.717, 1.165) is 37.4 Å². The zero-order chi connectivity index (χ0) is 18.3. The van der Waals surface area contributed by atoms with E-state index in [4.69, 9.17) is 0 Å². The first-order chi connectivity index (χ1) is 12.5. The molecule has 0 N–H and O–H groups in total. The largest absolute Gasteiger partial charge is 0.336 e. The summed E-state index contributed by atoms with van der Waals surface area (Å²) in [6.45, 7) is 8.97. The van der Waals surface area contributed by atoms with E-state index >= 15 is 0 Å². The first-order valence-corrected chi connectivity index (χ1v) is 9.49. The molecule has 6 heteroatoms. The molecule has 0 aliphatic carbocycles. The van der Waals surface area contributed by atoms with Crippen molar-refractivity contribution >= 4 is 5.91 Å². The standard InChI is InChI=1S/C20H27N5O/c1-14(2)25-8-6-16(22-25)9-20(26)24-12-17-10-18(24)11-23(17)13-19-15(3)5-4-7-21-19/h4-8,14,17-18H,9-13H2,1-3H3/t17-,18-/m0/s1. The number of aryl methyl sites for hydroxylation is 1. The van der Waals surface area contributed by atoms with Crippen LogP contribution in [0.3, 0.4) is 0 Å². The normalized spacial score (nSPS) is 22.5. The Kier molecular flexibility index (Phi) is 4.53. The molecule has 4 rings (SSSR count). The van der Waals surface area contributed by atoms with Crippen LogP contribution < -0.4 is 0 Å². The van der Waals surface area contributed by atoms with Gasteiger partial charge in [-0.15, -0.1) is 0 Å². The molecule has 1 amide bonds. The van der Waals surface area contributed by atoms with Crippen molar-refractivity contribution in [3.8, 4) is 0 Å². The van der Waals surface area contributed by atoms with Gasteiger partial charge in [0.1, 0.15) is 0 Å². The van der Waals surface area contributed by atoms with E-state index in [-0.39, 0.29) is 5.91 Å². The quantitative estimate of drug-likeness (QED) is 0.827.